The lowest BCUT2D eigenvalue weighted by molar-refractivity contribution is -0.151. The molecule has 7 heteroatoms. The van der Waals surface area contributed by atoms with Gasteiger partial charge in [0, 0.05) is 30.5 Å². The molecule has 4 rings (SSSR count). The van der Waals surface area contributed by atoms with E-state index in [4.69, 9.17) is 4.74 Å². The van der Waals surface area contributed by atoms with Gasteiger partial charge in [0.2, 0.25) is 5.67 Å². The van der Waals surface area contributed by atoms with Gasteiger partial charge in [0.05, 0.1) is 19.8 Å². The highest BCUT2D eigenvalue weighted by molar-refractivity contribution is 5.98. The summed E-state index contributed by atoms with van der Waals surface area (Å²) in [6.45, 7) is 1.92. The third-order valence-electron chi connectivity index (χ3n) is 5.17. The number of hydrogen-bond donors (Lipinski definition) is 1. The van der Waals surface area contributed by atoms with Crippen LogP contribution in [0.4, 0.5) is 4.39 Å². The third-order valence-corrected chi connectivity index (χ3v) is 5.17. The highest BCUT2D eigenvalue weighted by Gasteiger charge is 2.46. The van der Waals surface area contributed by atoms with E-state index in [9.17, 15) is 9.59 Å². The summed E-state index contributed by atoms with van der Waals surface area (Å²) in [6, 6.07) is 9.38. The molecule has 0 saturated carbocycles. The van der Waals surface area contributed by atoms with Crippen molar-refractivity contribution in [3.63, 3.8) is 0 Å². The van der Waals surface area contributed by atoms with Crippen LogP contribution in [0.3, 0.4) is 0 Å². The Hall–Kier alpha value is -2.41. The zero-order chi connectivity index (χ0) is 18.1. The number of likely N-dealkylation sites (tertiary alicyclic amines) is 1. The predicted octanol–water partition coefficient (Wildman–Crippen LogP) is 1.97. The number of nitrogens with one attached hydrogen (secondary N) is 1. The van der Waals surface area contributed by atoms with Crippen LogP contribution in [0.25, 0.3) is 10.9 Å². The first kappa shape index (κ1) is 17.0. The second kappa shape index (κ2) is 6.72. The van der Waals surface area contributed by atoms with Gasteiger partial charge in [-0.15, -0.1) is 0 Å². The summed E-state index contributed by atoms with van der Waals surface area (Å²) >= 11 is 0. The van der Waals surface area contributed by atoms with Crippen molar-refractivity contribution < 1.29 is 18.7 Å². The minimum absolute atomic E-state index is 0.152. The van der Waals surface area contributed by atoms with E-state index in [1.165, 1.54) is 9.80 Å². The quantitative estimate of drug-likeness (QED) is 0.892. The van der Waals surface area contributed by atoms with Crippen LogP contribution >= 0.6 is 0 Å². The zero-order valence-electron chi connectivity index (χ0n) is 14.5. The predicted molar refractivity (Wildman–Crippen MR) is 94.7 cm³/mol. The monoisotopic (exact) mass is 359 g/mol. The molecule has 2 aliphatic heterocycles. The van der Waals surface area contributed by atoms with Crippen molar-refractivity contribution in [3.05, 3.63) is 36.0 Å². The maximum atomic E-state index is 15.4. The molecule has 1 aromatic carbocycles. The van der Waals surface area contributed by atoms with Gasteiger partial charge in [0.25, 0.3) is 11.8 Å². The highest BCUT2D eigenvalue weighted by Crippen LogP contribution is 2.29. The van der Waals surface area contributed by atoms with E-state index in [1.54, 1.807) is 6.07 Å². The summed E-state index contributed by atoms with van der Waals surface area (Å²) in [6.07, 6.45) is 0.623. The van der Waals surface area contributed by atoms with Crippen LogP contribution in [-0.2, 0) is 9.53 Å². The van der Waals surface area contributed by atoms with Gasteiger partial charge in [-0.25, -0.2) is 4.39 Å². The average Bonchev–Trinajstić information content (AvgIpc) is 3.11. The van der Waals surface area contributed by atoms with Crippen LogP contribution in [0, 0.1) is 0 Å². The molecule has 1 atom stereocenters. The van der Waals surface area contributed by atoms with Crippen LogP contribution in [-0.4, -0.2) is 71.7 Å². The van der Waals surface area contributed by atoms with Crippen molar-refractivity contribution in [2.24, 2.45) is 0 Å². The molecule has 2 fully saturated rings. The van der Waals surface area contributed by atoms with Gasteiger partial charge < -0.3 is 19.5 Å². The number of para-hydroxylation sites is 1. The number of aromatic amines is 1. The molecule has 0 spiro atoms. The fourth-order valence-electron chi connectivity index (χ4n) is 3.77. The molecule has 26 heavy (non-hydrogen) atoms. The first-order chi connectivity index (χ1) is 12.6. The standard InChI is InChI=1S/C19H22FN3O3/c20-19(18(25)22-8-10-26-11-9-22)6-3-7-23(13-19)17(24)16-12-14-4-1-2-5-15(14)21-16/h1-2,4-5,12,21H,3,6-11,13H2. The molecule has 0 radical (unpaired) electrons. The topological polar surface area (TPSA) is 65.6 Å². The molecule has 2 amide bonds. The van der Waals surface area contributed by atoms with Crippen molar-refractivity contribution in [1.82, 2.24) is 14.8 Å². The maximum absolute atomic E-state index is 15.4. The second-order valence-electron chi connectivity index (χ2n) is 6.97. The second-order valence-corrected chi connectivity index (χ2v) is 6.97. The summed E-state index contributed by atoms with van der Waals surface area (Å²) < 4.78 is 20.7. The summed E-state index contributed by atoms with van der Waals surface area (Å²) in [7, 11) is 0. The largest absolute Gasteiger partial charge is 0.378 e. The average molecular weight is 359 g/mol. The number of amides is 2. The first-order valence-electron chi connectivity index (χ1n) is 9.00. The third kappa shape index (κ3) is 3.07. The number of halogens is 1. The number of piperidine rings is 1. The molecular weight excluding hydrogens is 337 g/mol. The van der Waals surface area contributed by atoms with Crippen LogP contribution in [0.2, 0.25) is 0 Å². The fraction of sp³-hybridized carbons (Fsp3) is 0.474. The molecule has 0 bridgehead atoms. The molecular formula is C19H22FN3O3. The van der Waals surface area contributed by atoms with Crippen molar-refractivity contribution in [1.29, 1.82) is 0 Å². The minimum atomic E-state index is -2.02. The Morgan fingerprint density at radius 3 is 2.65 bits per heavy atom. The van der Waals surface area contributed by atoms with Gasteiger partial charge >= 0.3 is 0 Å². The molecule has 2 saturated heterocycles. The Kier molecular flexibility index (Phi) is 4.40. The van der Waals surface area contributed by atoms with Crippen molar-refractivity contribution in [3.8, 4) is 0 Å². The van der Waals surface area contributed by atoms with Crippen molar-refractivity contribution in [2.45, 2.75) is 18.5 Å². The lowest BCUT2D eigenvalue weighted by Gasteiger charge is -2.39. The van der Waals surface area contributed by atoms with E-state index >= 15 is 4.39 Å². The van der Waals surface area contributed by atoms with Gasteiger partial charge in [-0.2, -0.15) is 0 Å². The minimum Gasteiger partial charge on any atom is -0.378 e. The molecule has 1 unspecified atom stereocenters. The molecule has 1 N–H and O–H groups in total. The van der Waals surface area contributed by atoms with Crippen molar-refractivity contribution in [2.75, 3.05) is 39.4 Å². The number of aromatic nitrogens is 1. The SMILES string of the molecule is O=C(c1cc2ccccc2[nH]1)N1CCCC(F)(C(=O)N2CCOCC2)C1. The fourth-order valence-corrected chi connectivity index (χ4v) is 3.77. The van der Waals surface area contributed by atoms with Crippen LogP contribution in [0.15, 0.2) is 30.3 Å². The Morgan fingerprint density at radius 2 is 1.88 bits per heavy atom. The van der Waals surface area contributed by atoms with E-state index in [1.807, 2.05) is 24.3 Å². The Morgan fingerprint density at radius 1 is 1.12 bits per heavy atom. The number of carbonyl (C=O) groups excluding carboxylic acids is 2. The van der Waals surface area contributed by atoms with Crippen LogP contribution < -0.4 is 0 Å². The van der Waals surface area contributed by atoms with Crippen molar-refractivity contribution >= 4 is 22.7 Å². The molecule has 2 aliphatic rings. The number of fused-ring (bicyclic) bond motifs is 1. The Bertz CT molecular complexity index is 797. The number of nitrogens with zero attached hydrogens (tertiary/aromatic N) is 2. The number of H-pyrrole nitrogens is 1. The number of alkyl halides is 1. The molecule has 2 aromatic rings. The van der Waals surface area contributed by atoms with Gasteiger partial charge in [-0.1, -0.05) is 18.2 Å². The summed E-state index contributed by atoms with van der Waals surface area (Å²) in [5, 5.41) is 0.934. The molecule has 3 heterocycles. The van der Waals surface area contributed by atoms with Gasteiger partial charge in [0.1, 0.15) is 5.69 Å². The lowest BCUT2D eigenvalue weighted by atomic mass is 9.92. The number of hydrogen-bond acceptors (Lipinski definition) is 3. The first-order valence-corrected chi connectivity index (χ1v) is 9.00. The van der Waals surface area contributed by atoms with Crippen LogP contribution in [0.1, 0.15) is 23.3 Å². The maximum Gasteiger partial charge on any atom is 0.270 e. The van der Waals surface area contributed by atoms with Crippen LogP contribution in [0.5, 0.6) is 0 Å². The zero-order valence-corrected chi connectivity index (χ0v) is 14.5. The molecule has 6 nitrogen and oxygen atoms in total. The highest BCUT2D eigenvalue weighted by atomic mass is 19.1. The number of carbonyl (C=O) groups is 2. The molecule has 0 aliphatic carbocycles. The van der Waals surface area contributed by atoms with Gasteiger partial charge in [0.15, 0.2) is 0 Å². The normalized spacial score (nSPS) is 24.0. The number of ether oxygens (including phenoxy) is 1. The Balaban J connectivity index is 1.51. The summed E-state index contributed by atoms with van der Waals surface area (Å²) in [5.41, 5.74) is -0.727. The lowest BCUT2D eigenvalue weighted by Crippen LogP contribution is -2.58. The van der Waals surface area contributed by atoms with E-state index in [0.29, 0.717) is 45.0 Å². The van der Waals surface area contributed by atoms with E-state index < -0.39 is 11.6 Å². The summed E-state index contributed by atoms with van der Waals surface area (Å²) in [5.74, 6) is -0.785. The Labute approximate surface area is 150 Å². The van der Waals surface area contributed by atoms with Gasteiger partial charge in [-0.3, -0.25) is 9.59 Å². The van der Waals surface area contributed by atoms with E-state index in [-0.39, 0.29) is 18.9 Å². The van der Waals surface area contributed by atoms with Gasteiger partial charge in [-0.05, 0) is 25.0 Å². The number of benzene rings is 1. The van der Waals surface area contributed by atoms with E-state index in [2.05, 4.69) is 4.98 Å². The molecule has 138 valence electrons. The number of rotatable bonds is 2. The summed E-state index contributed by atoms with van der Waals surface area (Å²) in [4.78, 5) is 31.6. The van der Waals surface area contributed by atoms with E-state index in [0.717, 1.165) is 10.9 Å². The number of morpholine rings is 1. The smallest absolute Gasteiger partial charge is 0.270 e. The molecule has 1 aromatic heterocycles.